The molecule has 0 amide bonds. The van der Waals surface area contributed by atoms with Gasteiger partial charge in [0.15, 0.2) is 0 Å². The SMILES string of the molecule is CCNc1nc(Cc2ccccc2Cl)nc2c1CCCC2. The van der Waals surface area contributed by atoms with E-state index in [0.29, 0.717) is 6.42 Å². The number of nitrogens with one attached hydrogen (secondary N) is 1. The molecular weight excluding hydrogens is 282 g/mol. The molecule has 1 N–H and O–H groups in total. The van der Waals surface area contributed by atoms with Crippen LogP contribution < -0.4 is 5.32 Å². The topological polar surface area (TPSA) is 37.8 Å². The van der Waals surface area contributed by atoms with E-state index in [1.165, 1.54) is 24.1 Å². The van der Waals surface area contributed by atoms with E-state index in [1.807, 2.05) is 24.3 Å². The average molecular weight is 302 g/mol. The van der Waals surface area contributed by atoms with Crippen molar-refractivity contribution in [3.63, 3.8) is 0 Å². The van der Waals surface area contributed by atoms with Crippen molar-refractivity contribution in [3.05, 3.63) is 51.9 Å². The minimum Gasteiger partial charge on any atom is -0.370 e. The van der Waals surface area contributed by atoms with Crippen molar-refractivity contribution in [1.29, 1.82) is 0 Å². The number of aromatic nitrogens is 2. The van der Waals surface area contributed by atoms with E-state index in [4.69, 9.17) is 21.6 Å². The molecule has 1 aliphatic carbocycles. The fourth-order valence-electron chi connectivity index (χ4n) is 2.85. The van der Waals surface area contributed by atoms with Gasteiger partial charge in [0, 0.05) is 29.2 Å². The lowest BCUT2D eigenvalue weighted by molar-refractivity contribution is 0.657. The molecule has 1 aromatic heterocycles. The Bertz CT molecular complexity index is 640. The summed E-state index contributed by atoms with van der Waals surface area (Å²) in [4.78, 5) is 9.51. The van der Waals surface area contributed by atoms with Gasteiger partial charge in [-0.3, -0.25) is 0 Å². The van der Waals surface area contributed by atoms with Gasteiger partial charge in [0.25, 0.3) is 0 Å². The predicted octanol–water partition coefficient (Wildman–Crippen LogP) is 4.03. The smallest absolute Gasteiger partial charge is 0.135 e. The number of aryl methyl sites for hydroxylation is 1. The van der Waals surface area contributed by atoms with Crippen molar-refractivity contribution in [2.75, 3.05) is 11.9 Å². The van der Waals surface area contributed by atoms with Crippen molar-refractivity contribution >= 4 is 17.4 Å². The van der Waals surface area contributed by atoms with E-state index in [2.05, 4.69) is 12.2 Å². The zero-order valence-corrected chi connectivity index (χ0v) is 13.1. The largest absolute Gasteiger partial charge is 0.370 e. The third-order valence-corrected chi connectivity index (χ3v) is 4.25. The van der Waals surface area contributed by atoms with Crippen molar-refractivity contribution < 1.29 is 0 Å². The quantitative estimate of drug-likeness (QED) is 0.926. The van der Waals surface area contributed by atoms with Crippen LogP contribution in [0.4, 0.5) is 5.82 Å². The molecule has 3 nitrogen and oxygen atoms in total. The van der Waals surface area contributed by atoms with Gasteiger partial charge in [-0.05, 0) is 44.2 Å². The molecule has 1 aliphatic rings. The van der Waals surface area contributed by atoms with E-state index in [-0.39, 0.29) is 0 Å². The zero-order chi connectivity index (χ0) is 14.7. The Morgan fingerprint density at radius 1 is 1.14 bits per heavy atom. The van der Waals surface area contributed by atoms with Crippen LogP contribution in [0.15, 0.2) is 24.3 Å². The molecule has 0 saturated heterocycles. The van der Waals surface area contributed by atoms with Crippen LogP contribution in [0.2, 0.25) is 5.02 Å². The monoisotopic (exact) mass is 301 g/mol. The molecule has 0 saturated carbocycles. The first-order valence-corrected chi connectivity index (χ1v) is 8.01. The fourth-order valence-corrected chi connectivity index (χ4v) is 3.05. The Morgan fingerprint density at radius 3 is 2.76 bits per heavy atom. The molecule has 0 fully saturated rings. The van der Waals surface area contributed by atoms with Gasteiger partial charge in [0.05, 0.1) is 0 Å². The zero-order valence-electron chi connectivity index (χ0n) is 12.3. The van der Waals surface area contributed by atoms with E-state index < -0.39 is 0 Å². The highest BCUT2D eigenvalue weighted by Gasteiger charge is 2.17. The van der Waals surface area contributed by atoms with Crippen molar-refractivity contribution in [1.82, 2.24) is 9.97 Å². The average Bonchev–Trinajstić information content (AvgIpc) is 2.50. The van der Waals surface area contributed by atoms with E-state index in [9.17, 15) is 0 Å². The molecule has 4 heteroatoms. The molecule has 0 atom stereocenters. The number of fused-ring (bicyclic) bond motifs is 1. The van der Waals surface area contributed by atoms with Crippen LogP contribution in [-0.4, -0.2) is 16.5 Å². The highest BCUT2D eigenvalue weighted by molar-refractivity contribution is 6.31. The maximum Gasteiger partial charge on any atom is 0.135 e. The Balaban J connectivity index is 1.95. The maximum absolute atomic E-state index is 6.25. The Hall–Kier alpha value is -1.61. The van der Waals surface area contributed by atoms with Crippen molar-refractivity contribution in [3.8, 4) is 0 Å². The molecule has 0 spiro atoms. The van der Waals surface area contributed by atoms with Crippen LogP contribution in [0, 0.1) is 0 Å². The summed E-state index contributed by atoms with van der Waals surface area (Å²) < 4.78 is 0. The summed E-state index contributed by atoms with van der Waals surface area (Å²) in [5.74, 6) is 1.88. The number of nitrogens with zero attached hydrogens (tertiary/aromatic N) is 2. The second kappa shape index (κ2) is 6.44. The lowest BCUT2D eigenvalue weighted by atomic mass is 9.96. The predicted molar refractivity (Wildman–Crippen MR) is 87.1 cm³/mol. The van der Waals surface area contributed by atoms with Crippen LogP contribution in [-0.2, 0) is 19.3 Å². The summed E-state index contributed by atoms with van der Waals surface area (Å²) >= 11 is 6.25. The summed E-state index contributed by atoms with van der Waals surface area (Å²) in [5, 5.41) is 4.17. The normalized spacial score (nSPS) is 13.8. The molecule has 1 aromatic carbocycles. The Labute approximate surface area is 130 Å². The summed E-state index contributed by atoms with van der Waals surface area (Å²) in [6.45, 7) is 2.99. The number of benzene rings is 1. The van der Waals surface area contributed by atoms with Crippen molar-refractivity contribution in [2.24, 2.45) is 0 Å². The Kier molecular flexibility index (Phi) is 4.39. The van der Waals surface area contributed by atoms with Gasteiger partial charge in [0.1, 0.15) is 11.6 Å². The molecule has 0 aliphatic heterocycles. The van der Waals surface area contributed by atoms with Crippen LogP contribution in [0.3, 0.4) is 0 Å². The molecule has 110 valence electrons. The minimum atomic E-state index is 0.686. The highest BCUT2D eigenvalue weighted by Crippen LogP contribution is 2.26. The van der Waals surface area contributed by atoms with Gasteiger partial charge in [-0.1, -0.05) is 29.8 Å². The highest BCUT2D eigenvalue weighted by atomic mass is 35.5. The third kappa shape index (κ3) is 3.18. The molecule has 1 heterocycles. The third-order valence-electron chi connectivity index (χ3n) is 3.88. The van der Waals surface area contributed by atoms with Gasteiger partial charge in [-0.2, -0.15) is 0 Å². The van der Waals surface area contributed by atoms with Gasteiger partial charge in [-0.15, -0.1) is 0 Å². The molecule has 2 aromatic rings. The van der Waals surface area contributed by atoms with Gasteiger partial charge in [0.2, 0.25) is 0 Å². The number of hydrogen-bond acceptors (Lipinski definition) is 3. The number of rotatable bonds is 4. The molecule has 0 bridgehead atoms. The molecular formula is C17H20ClN3. The molecule has 0 radical (unpaired) electrons. The summed E-state index contributed by atoms with van der Waals surface area (Å²) in [6, 6.07) is 7.91. The standard InChI is InChI=1S/C17H20ClN3/c1-2-19-17-13-8-4-6-10-15(13)20-16(21-17)11-12-7-3-5-9-14(12)18/h3,5,7,9H,2,4,6,8,10-11H2,1H3,(H,19,20,21). The van der Waals surface area contributed by atoms with E-state index in [0.717, 1.165) is 41.6 Å². The van der Waals surface area contributed by atoms with Crippen LogP contribution in [0.1, 0.15) is 42.4 Å². The fraction of sp³-hybridized carbons (Fsp3) is 0.412. The summed E-state index contributed by atoms with van der Waals surface area (Å²) in [5.41, 5.74) is 3.61. The first-order chi connectivity index (χ1) is 10.3. The summed E-state index contributed by atoms with van der Waals surface area (Å²) in [7, 11) is 0. The van der Waals surface area contributed by atoms with Crippen LogP contribution in [0.25, 0.3) is 0 Å². The molecule has 21 heavy (non-hydrogen) atoms. The molecule has 0 unspecified atom stereocenters. The van der Waals surface area contributed by atoms with Crippen LogP contribution in [0.5, 0.6) is 0 Å². The van der Waals surface area contributed by atoms with E-state index in [1.54, 1.807) is 0 Å². The van der Waals surface area contributed by atoms with Gasteiger partial charge in [-0.25, -0.2) is 9.97 Å². The first kappa shape index (κ1) is 14.3. The number of halogens is 1. The number of hydrogen-bond donors (Lipinski definition) is 1. The first-order valence-electron chi connectivity index (χ1n) is 7.64. The number of anilines is 1. The lowest BCUT2D eigenvalue weighted by Gasteiger charge is -2.19. The van der Waals surface area contributed by atoms with Crippen LogP contribution >= 0.6 is 11.6 Å². The maximum atomic E-state index is 6.25. The van der Waals surface area contributed by atoms with Gasteiger partial charge >= 0.3 is 0 Å². The Morgan fingerprint density at radius 2 is 1.95 bits per heavy atom. The second-order valence-corrected chi connectivity index (χ2v) is 5.83. The molecule has 3 rings (SSSR count). The van der Waals surface area contributed by atoms with E-state index >= 15 is 0 Å². The van der Waals surface area contributed by atoms with Gasteiger partial charge < -0.3 is 5.32 Å². The minimum absolute atomic E-state index is 0.686. The summed E-state index contributed by atoms with van der Waals surface area (Å²) in [6.07, 6.45) is 5.29. The second-order valence-electron chi connectivity index (χ2n) is 5.42. The lowest BCUT2D eigenvalue weighted by Crippen LogP contribution is -2.15. The van der Waals surface area contributed by atoms with Crippen molar-refractivity contribution in [2.45, 2.75) is 39.0 Å².